The lowest BCUT2D eigenvalue weighted by Crippen LogP contribution is -2.44. The van der Waals surface area contributed by atoms with Crippen molar-refractivity contribution in [2.24, 2.45) is 9.98 Å². The summed E-state index contributed by atoms with van der Waals surface area (Å²) in [4.78, 5) is 26.4. The number of nitrogens with zero attached hydrogens (tertiary/aromatic N) is 2. The summed E-state index contributed by atoms with van der Waals surface area (Å²) < 4.78 is 15.6. The molecule has 0 fully saturated rings. The van der Waals surface area contributed by atoms with Crippen molar-refractivity contribution in [3.63, 3.8) is 0 Å². The molecule has 0 aliphatic heterocycles. The first kappa shape index (κ1) is 14.9. The number of carbonyl (C=O) groups excluding carboxylic acids is 2. The van der Waals surface area contributed by atoms with Gasteiger partial charge in [0, 0.05) is 20.3 Å². The van der Waals surface area contributed by atoms with E-state index in [1.165, 1.54) is 26.4 Å². The molecule has 0 spiro atoms. The molecule has 0 unspecified atom stereocenters. The minimum absolute atomic E-state index is 0.144. The van der Waals surface area contributed by atoms with Gasteiger partial charge in [0.15, 0.2) is 0 Å². The second-order valence-corrected chi connectivity index (χ2v) is 5.66. The van der Waals surface area contributed by atoms with Gasteiger partial charge in [-0.1, -0.05) is 0 Å². The molecule has 0 heterocycles. The van der Waals surface area contributed by atoms with Crippen LogP contribution in [0, 0.1) is 0 Å². The van der Waals surface area contributed by atoms with Gasteiger partial charge in [-0.05, 0) is 6.42 Å². The van der Waals surface area contributed by atoms with Crippen molar-refractivity contribution in [2.45, 2.75) is 12.5 Å². The Morgan fingerprint density at radius 2 is 1.75 bits per heavy atom. The summed E-state index contributed by atoms with van der Waals surface area (Å²) in [7, 11) is 0.130. The normalized spacial score (nSPS) is 10.4. The van der Waals surface area contributed by atoms with E-state index in [2.05, 4.69) is 9.98 Å². The maximum absolute atomic E-state index is 9.87. The summed E-state index contributed by atoms with van der Waals surface area (Å²) in [5.41, 5.74) is 0. The van der Waals surface area contributed by atoms with Crippen LogP contribution in [0.25, 0.3) is 0 Å². The molecule has 0 aliphatic rings. The summed E-state index contributed by atoms with van der Waals surface area (Å²) in [5.74, 6) is 0. The summed E-state index contributed by atoms with van der Waals surface area (Å²) in [6, 6.07) is 0.486. The van der Waals surface area contributed by atoms with Crippen molar-refractivity contribution in [1.82, 2.24) is 0 Å². The van der Waals surface area contributed by atoms with E-state index < -0.39 is 8.80 Å². The average molecular weight is 246 g/mol. The van der Waals surface area contributed by atoms with Gasteiger partial charge in [0.2, 0.25) is 12.2 Å². The molecule has 8 heteroatoms. The van der Waals surface area contributed by atoms with E-state index in [9.17, 15) is 9.59 Å². The molecule has 0 aromatic rings. The fraction of sp³-hybridized carbons (Fsp3) is 0.750. The van der Waals surface area contributed by atoms with Crippen molar-refractivity contribution in [3.8, 4) is 0 Å². The van der Waals surface area contributed by atoms with Crippen molar-refractivity contribution in [1.29, 1.82) is 0 Å². The van der Waals surface area contributed by atoms with Gasteiger partial charge in [0.25, 0.3) is 0 Å². The molecule has 7 nitrogen and oxygen atoms in total. The SMILES string of the molecule is CO[Si](CCCN=C=O)(OC)OCN=C=O. The number of aliphatic imine (C=N–C) groups is 2. The minimum Gasteiger partial charge on any atom is -0.377 e. The van der Waals surface area contributed by atoms with E-state index in [0.717, 1.165) is 0 Å². The maximum Gasteiger partial charge on any atom is 0.501 e. The van der Waals surface area contributed by atoms with E-state index in [4.69, 9.17) is 13.3 Å². The summed E-state index contributed by atoms with van der Waals surface area (Å²) in [6.07, 6.45) is 3.37. The molecule has 0 N–H and O–H groups in total. The Bertz CT molecular complexity index is 282. The van der Waals surface area contributed by atoms with Crippen LogP contribution in [0.4, 0.5) is 0 Å². The van der Waals surface area contributed by atoms with Crippen LogP contribution in [0.15, 0.2) is 9.98 Å². The lowest BCUT2D eigenvalue weighted by molar-refractivity contribution is 0.101. The van der Waals surface area contributed by atoms with E-state index in [0.29, 0.717) is 19.0 Å². The lowest BCUT2D eigenvalue weighted by atomic mass is 10.5. The zero-order valence-electron chi connectivity index (χ0n) is 9.26. The molecule has 0 aliphatic carbocycles. The van der Waals surface area contributed by atoms with Crippen LogP contribution >= 0.6 is 0 Å². The molecular formula is C8H14N2O5Si. The van der Waals surface area contributed by atoms with Crippen molar-refractivity contribution >= 4 is 21.0 Å². The highest BCUT2D eigenvalue weighted by Crippen LogP contribution is 2.15. The number of hydrogen-bond donors (Lipinski definition) is 0. The molecular weight excluding hydrogens is 232 g/mol. The highest BCUT2D eigenvalue weighted by Gasteiger charge is 2.38. The fourth-order valence-electron chi connectivity index (χ4n) is 1.05. The average Bonchev–Trinajstić information content (AvgIpc) is 2.33. The predicted molar refractivity (Wildman–Crippen MR) is 56.3 cm³/mol. The highest BCUT2D eigenvalue weighted by molar-refractivity contribution is 6.60. The first-order chi connectivity index (χ1) is 7.74. The van der Waals surface area contributed by atoms with Gasteiger partial charge < -0.3 is 13.3 Å². The van der Waals surface area contributed by atoms with Crippen LogP contribution in [-0.2, 0) is 22.9 Å². The molecule has 0 atom stereocenters. The van der Waals surface area contributed by atoms with Gasteiger partial charge in [-0.3, -0.25) is 0 Å². The molecule has 0 saturated carbocycles. The third-order valence-corrected chi connectivity index (χ3v) is 4.63. The zero-order valence-corrected chi connectivity index (χ0v) is 10.3. The number of rotatable bonds is 9. The van der Waals surface area contributed by atoms with Gasteiger partial charge >= 0.3 is 8.80 Å². The van der Waals surface area contributed by atoms with Gasteiger partial charge in [0.05, 0.1) is 6.54 Å². The van der Waals surface area contributed by atoms with Gasteiger partial charge in [-0.2, -0.15) is 4.99 Å². The molecule has 0 amide bonds. The maximum atomic E-state index is 9.87. The first-order valence-corrected chi connectivity index (χ1v) is 6.49. The molecule has 90 valence electrons. The quantitative estimate of drug-likeness (QED) is 0.252. The van der Waals surface area contributed by atoms with E-state index in [-0.39, 0.29) is 6.73 Å². The van der Waals surface area contributed by atoms with Crippen LogP contribution in [0.5, 0.6) is 0 Å². The topological polar surface area (TPSA) is 86.6 Å². The third-order valence-electron chi connectivity index (χ3n) is 1.85. The number of hydrogen-bond acceptors (Lipinski definition) is 7. The van der Waals surface area contributed by atoms with Gasteiger partial charge in [-0.25, -0.2) is 14.6 Å². The van der Waals surface area contributed by atoms with Crippen LogP contribution in [0.2, 0.25) is 6.04 Å². The third kappa shape index (κ3) is 5.67. The Kier molecular flexibility index (Phi) is 8.46. The number of isocyanates is 2. The Balaban J connectivity index is 4.18. The van der Waals surface area contributed by atoms with Gasteiger partial charge in [0.1, 0.15) is 6.73 Å². The van der Waals surface area contributed by atoms with Crippen LogP contribution in [0.1, 0.15) is 6.42 Å². The van der Waals surface area contributed by atoms with E-state index >= 15 is 0 Å². The summed E-state index contributed by atoms with van der Waals surface area (Å²) in [5, 5.41) is 0. The highest BCUT2D eigenvalue weighted by atomic mass is 28.4. The summed E-state index contributed by atoms with van der Waals surface area (Å²) >= 11 is 0. The van der Waals surface area contributed by atoms with Crippen LogP contribution < -0.4 is 0 Å². The van der Waals surface area contributed by atoms with Gasteiger partial charge in [-0.15, -0.1) is 0 Å². The molecule has 0 aromatic carbocycles. The summed E-state index contributed by atoms with van der Waals surface area (Å²) in [6.45, 7) is 0.194. The van der Waals surface area contributed by atoms with Crippen LogP contribution in [0.3, 0.4) is 0 Å². The first-order valence-electron chi connectivity index (χ1n) is 4.56. The Labute approximate surface area is 94.5 Å². The molecule has 0 rings (SSSR count). The van der Waals surface area contributed by atoms with Crippen molar-refractivity contribution < 1.29 is 22.9 Å². The Morgan fingerprint density at radius 1 is 1.12 bits per heavy atom. The predicted octanol–water partition coefficient (Wildman–Crippen LogP) is 0.254. The second kappa shape index (κ2) is 9.11. The van der Waals surface area contributed by atoms with E-state index in [1.54, 1.807) is 0 Å². The lowest BCUT2D eigenvalue weighted by Gasteiger charge is -2.24. The molecule has 0 saturated heterocycles. The Hall–Kier alpha value is -1.14. The molecule has 0 radical (unpaired) electrons. The van der Waals surface area contributed by atoms with Crippen molar-refractivity contribution in [2.75, 3.05) is 27.5 Å². The zero-order chi connectivity index (χ0) is 12.3. The largest absolute Gasteiger partial charge is 0.501 e. The Morgan fingerprint density at radius 3 is 2.25 bits per heavy atom. The standard InChI is InChI=1S/C8H14N2O5Si/c1-13-16(14-2,15-8-10-7-12)5-3-4-9-6-11/h3-5,8H2,1-2H3. The molecule has 0 bridgehead atoms. The minimum atomic E-state index is -2.79. The molecule has 16 heavy (non-hydrogen) atoms. The van der Waals surface area contributed by atoms with Crippen molar-refractivity contribution in [3.05, 3.63) is 0 Å². The second-order valence-electron chi connectivity index (χ2n) is 2.69. The van der Waals surface area contributed by atoms with Crippen LogP contribution in [-0.4, -0.2) is 48.5 Å². The smallest absolute Gasteiger partial charge is 0.377 e. The van der Waals surface area contributed by atoms with E-state index in [1.807, 2.05) is 0 Å². The monoisotopic (exact) mass is 246 g/mol. The fourth-order valence-corrected chi connectivity index (χ4v) is 2.86. The molecule has 0 aromatic heterocycles.